The monoisotopic (exact) mass is 287 g/mol. The molecule has 1 aromatic carbocycles. The van der Waals surface area contributed by atoms with Gasteiger partial charge in [0.25, 0.3) is 0 Å². The van der Waals surface area contributed by atoms with Gasteiger partial charge in [-0.3, -0.25) is 0 Å². The van der Waals surface area contributed by atoms with Crippen LogP contribution in [0.5, 0.6) is 0 Å². The number of benzene rings is 1. The van der Waals surface area contributed by atoms with E-state index in [0.29, 0.717) is 10.5 Å². The molecule has 2 aromatic heterocycles. The largest absolute Gasteiger partial charge is 0.478 e. The molecule has 0 saturated carbocycles. The van der Waals surface area contributed by atoms with Crippen molar-refractivity contribution in [3.05, 3.63) is 47.4 Å². The number of carboxylic acid groups (broad SMARTS) is 1. The van der Waals surface area contributed by atoms with Gasteiger partial charge in [0.05, 0.1) is 11.1 Å². The zero-order chi connectivity index (χ0) is 15.1. The van der Waals surface area contributed by atoms with Gasteiger partial charge in [-0.1, -0.05) is 10.9 Å². The summed E-state index contributed by atoms with van der Waals surface area (Å²) < 4.78 is 14.1. The van der Waals surface area contributed by atoms with Crippen LogP contribution in [0.1, 0.15) is 16.1 Å². The summed E-state index contributed by atoms with van der Waals surface area (Å²) in [6.07, 6.45) is 0. The Labute approximate surface area is 118 Å². The Morgan fingerprint density at radius 2 is 2.05 bits per heavy atom. The molecular weight excluding hydrogens is 277 g/mol. The van der Waals surface area contributed by atoms with E-state index >= 15 is 0 Å². The normalized spacial score (nSPS) is 11.0. The molecule has 0 unspecified atom stereocenters. The Kier molecular flexibility index (Phi) is 2.83. The van der Waals surface area contributed by atoms with Gasteiger partial charge >= 0.3 is 5.97 Å². The van der Waals surface area contributed by atoms with E-state index in [2.05, 4.69) is 10.1 Å². The van der Waals surface area contributed by atoms with Crippen molar-refractivity contribution in [1.82, 2.24) is 14.9 Å². The molecule has 2 N–H and O–H groups in total. The van der Waals surface area contributed by atoms with Crippen molar-refractivity contribution in [3.63, 3.8) is 0 Å². The van der Waals surface area contributed by atoms with Crippen molar-refractivity contribution in [3.8, 4) is 11.3 Å². The highest BCUT2D eigenvalue weighted by molar-refractivity contribution is 6.00. The summed E-state index contributed by atoms with van der Waals surface area (Å²) in [5, 5.41) is 22.8. The number of nitrogens with zero attached hydrogens (tertiary/aromatic N) is 3. The fourth-order valence-corrected chi connectivity index (χ4v) is 2.19. The fraction of sp³-hybridized carbons (Fsp3) is 0.0714. The second kappa shape index (κ2) is 4.55. The van der Waals surface area contributed by atoms with Crippen LogP contribution in [0.3, 0.4) is 0 Å². The van der Waals surface area contributed by atoms with Gasteiger partial charge in [-0.2, -0.15) is 0 Å². The van der Waals surface area contributed by atoms with E-state index in [0.717, 1.165) is 6.07 Å². The fourth-order valence-electron chi connectivity index (χ4n) is 2.19. The van der Waals surface area contributed by atoms with Crippen molar-refractivity contribution >= 4 is 17.0 Å². The predicted molar refractivity (Wildman–Crippen MR) is 71.8 cm³/mol. The molecule has 106 valence electrons. The first kappa shape index (κ1) is 13.0. The molecule has 0 bridgehead atoms. The van der Waals surface area contributed by atoms with Gasteiger partial charge < -0.3 is 10.3 Å². The lowest BCUT2D eigenvalue weighted by Crippen LogP contribution is -2.02. The van der Waals surface area contributed by atoms with Crippen LogP contribution >= 0.6 is 0 Å². The molecule has 0 aliphatic heterocycles. The van der Waals surface area contributed by atoms with Crippen LogP contribution in [0, 0.1) is 12.7 Å². The molecule has 0 aliphatic carbocycles. The SMILES string of the molecule is Cc1ccc2c(n1)c(-c1c(F)cccc1C(=O)O)nn2O. The minimum atomic E-state index is -1.28. The number of fused-ring (bicyclic) bond motifs is 1. The van der Waals surface area contributed by atoms with Crippen LogP contribution < -0.4 is 0 Å². The van der Waals surface area contributed by atoms with Crippen molar-refractivity contribution in [2.45, 2.75) is 6.92 Å². The maximum atomic E-state index is 14.1. The first-order valence-electron chi connectivity index (χ1n) is 6.07. The second-order valence-corrected chi connectivity index (χ2v) is 4.53. The number of aromatic carboxylic acids is 1. The van der Waals surface area contributed by atoms with Gasteiger partial charge in [0.2, 0.25) is 0 Å². The third kappa shape index (κ3) is 1.99. The zero-order valence-corrected chi connectivity index (χ0v) is 10.9. The summed E-state index contributed by atoms with van der Waals surface area (Å²) >= 11 is 0. The quantitative estimate of drug-likeness (QED) is 0.707. The summed E-state index contributed by atoms with van der Waals surface area (Å²) in [6, 6.07) is 6.97. The van der Waals surface area contributed by atoms with Gasteiger partial charge in [-0.05, 0) is 31.2 Å². The zero-order valence-electron chi connectivity index (χ0n) is 10.9. The van der Waals surface area contributed by atoms with Crippen molar-refractivity contribution in [2.24, 2.45) is 0 Å². The Morgan fingerprint density at radius 3 is 2.76 bits per heavy atom. The molecule has 7 heteroatoms. The Morgan fingerprint density at radius 1 is 1.29 bits per heavy atom. The van der Waals surface area contributed by atoms with Crippen molar-refractivity contribution in [2.75, 3.05) is 0 Å². The molecule has 0 radical (unpaired) electrons. The molecule has 3 aromatic rings. The Bertz CT molecular complexity index is 873. The molecule has 0 spiro atoms. The summed E-state index contributed by atoms with van der Waals surface area (Å²) in [5.74, 6) is -2.02. The van der Waals surface area contributed by atoms with E-state index in [1.54, 1.807) is 19.1 Å². The number of pyridine rings is 1. The first-order chi connectivity index (χ1) is 9.99. The van der Waals surface area contributed by atoms with E-state index in [1.807, 2.05) is 0 Å². The molecule has 0 fully saturated rings. The van der Waals surface area contributed by atoms with E-state index in [-0.39, 0.29) is 27.9 Å². The summed E-state index contributed by atoms with van der Waals surface area (Å²) in [5.41, 5.74) is 0.719. The molecule has 0 aliphatic rings. The average Bonchev–Trinajstić information content (AvgIpc) is 2.74. The number of aryl methyl sites for hydroxylation is 1. The summed E-state index contributed by atoms with van der Waals surface area (Å²) in [7, 11) is 0. The average molecular weight is 287 g/mol. The molecule has 0 saturated heterocycles. The summed E-state index contributed by atoms with van der Waals surface area (Å²) in [4.78, 5) is 16.0. The molecular formula is C14H10FN3O3. The molecule has 3 rings (SSSR count). The van der Waals surface area contributed by atoms with Crippen LogP contribution in [0.4, 0.5) is 4.39 Å². The summed E-state index contributed by atoms with van der Waals surface area (Å²) in [6.45, 7) is 1.73. The molecule has 2 heterocycles. The number of aromatic nitrogens is 3. The third-order valence-electron chi connectivity index (χ3n) is 3.13. The number of hydrogen-bond donors (Lipinski definition) is 2. The van der Waals surface area contributed by atoms with Crippen LogP contribution in [0.15, 0.2) is 30.3 Å². The predicted octanol–water partition coefficient (Wildman–Crippen LogP) is 2.48. The van der Waals surface area contributed by atoms with Crippen LogP contribution in [-0.4, -0.2) is 31.2 Å². The topological polar surface area (TPSA) is 88.2 Å². The van der Waals surface area contributed by atoms with E-state index in [4.69, 9.17) is 0 Å². The van der Waals surface area contributed by atoms with Gasteiger partial charge in [0, 0.05) is 5.69 Å². The van der Waals surface area contributed by atoms with Crippen LogP contribution in [0.2, 0.25) is 0 Å². The van der Waals surface area contributed by atoms with Crippen molar-refractivity contribution in [1.29, 1.82) is 0 Å². The third-order valence-corrected chi connectivity index (χ3v) is 3.13. The van der Waals surface area contributed by atoms with Gasteiger partial charge in [-0.25, -0.2) is 14.2 Å². The van der Waals surface area contributed by atoms with Crippen LogP contribution in [0.25, 0.3) is 22.3 Å². The highest BCUT2D eigenvalue weighted by Crippen LogP contribution is 2.31. The standard InChI is InChI=1S/C14H10FN3O3/c1-7-5-6-10-12(16-7)13(17-18(10)21)11-8(14(19)20)3-2-4-9(11)15/h2-6,21H,1H3,(H,19,20). The number of hydrogen-bond acceptors (Lipinski definition) is 4. The second-order valence-electron chi connectivity index (χ2n) is 4.53. The minimum Gasteiger partial charge on any atom is -0.478 e. The number of halogens is 1. The van der Waals surface area contributed by atoms with Crippen LogP contribution in [-0.2, 0) is 0 Å². The maximum absolute atomic E-state index is 14.1. The van der Waals surface area contributed by atoms with E-state index < -0.39 is 11.8 Å². The van der Waals surface area contributed by atoms with E-state index in [1.165, 1.54) is 12.1 Å². The maximum Gasteiger partial charge on any atom is 0.336 e. The number of rotatable bonds is 2. The molecule has 0 amide bonds. The molecule has 21 heavy (non-hydrogen) atoms. The molecule has 6 nitrogen and oxygen atoms in total. The number of carbonyl (C=O) groups is 1. The van der Waals surface area contributed by atoms with Crippen molar-refractivity contribution < 1.29 is 19.5 Å². The Hall–Kier alpha value is -2.96. The first-order valence-corrected chi connectivity index (χ1v) is 6.07. The smallest absolute Gasteiger partial charge is 0.336 e. The number of carboxylic acids is 1. The van der Waals surface area contributed by atoms with Gasteiger partial charge in [0.15, 0.2) is 0 Å². The van der Waals surface area contributed by atoms with E-state index in [9.17, 15) is 19.5 Å². The van der Waals surface area contributed by atoms with Gasteiger partial charge in [0.1, 0.15) is 22.5 Å². The highest BCUT2D eigenvalue weighted by atomic mass is 19.1. The molecule has 0 atom stereocenters. The lowest BCUT2D eigenvalue weighted by molar-refractivity contribution is 0.0697. The highest BCUT2D eigenvalue weighted by Gasteiger charge is 2.22. The Balaban J connectivity index is 2.41. The minimum absolute atomic E-state index is 0.00769. The van der Waals surface area contributed by atoms with Gasteiger partial charge in [-0.15, -0.1) is 5.10 Å². The lowest BCUT2D eigenvalue weighted by atomic mass is 10.0. The lowest BCUT2D eigenvalue weighted by Gasteiger charge is -2.04.